The zero-order valence-corrected chi connectivity index (χ0v) is 19.2. The Balaban J connectivity index is 1.52. The molecule has 0 radical (unpaired) electrons. The molecule has 0 unspecified atom stereocenters. The number of oxime groups is 1. The van der Waals surface area contributed by atoms with Crippen LogP contribution in [0.25, 0.3) is 0 Å². The minimum atomic E-state index is 0.715. The summed E-state index contributed by atoms with van der Waals surface area (Å²) in [6.45, 7) is 2.29. The van der Waals surface area contributed by atoms with Gasteiger partial charge in [0.2, 0.25) is 0 Å². The Kier molecular flexibility index (Phi) is 13.0. The Bertz CT molecular complexity index is 656. The number of benzene rings is 1. The van der Waals surface area contributed by atoms with E-state index >= 15 is 0 Å². The average Bonchev–Trinajstić information content (AvgIpc) is 2.79. The van der Waals surface area contributed by atoms with Crippen molar-refractivity contribution in [3.05, 3.63) is 59.2 Å². The van der Waals surface area contributed by atoms with Crippen LogP contribution in [0.3, 0.4) is 0 Å². The molecule has 2 heteroatoms. The number of allylic oxidation sites excluding steroid dienone is 4. The lowest BCUT2D eigenvalue weighted by Crippen LogP contribution is -2.08. The maximum Gasteiger partial charge on any atom is 0.113 e. The first-order valence-corrected chi connectivity index (χ1v) is 12.5. The second-order valence-electron chi connectivity index (χ2n) is 8.82. The Morgan fingerprint density at radius 3 is 1.80 bits per heavy atom. The fraction of sp³-hybridized carbons (Fsp3) is 0.607. The van der Waals surface area contributed by atoms with Crippen LogP contribution in [0, 0.1) is 0 Å². The van der Waals surface area contributed by atoms with E-state index in [1.54, 1.807) is 5.57 Å². The molecule has 1 aromatic carbocycles. The van der Waals surface area contributed by atoms with E-state index in [0.717, 1.165) is 24.0 Å². The molecule has 1 aliphatic rings. The number of unbranched alkanes of at least 4 members (excludes halogenated alkanes) is 12. The third kappa shape index (κ3) is 9.78. The van der Waals surface area contributed by atoms with Gasteiger partial charge in [0.25, 0.3) is 0 Å². The quantitative estimate of drug-likeness (QED) is 0.126. The molecule has 0 aliphatic heterocycles. The molecule has 1 N–H and O–H groups in total. The van der Waals surface area contributed by atoms with Gasteiger partial charge in [-0.15, -0.1) is 0 Å². The Morgan fingerprint density at radius 2 is 1.30 bits per heavy atom. The molecule has 0 atom stereocenters. The standard InChI is InChI=1S/C28H43NO/c1-2-3-4-5-6-7-8-9-10-11-12-13-15-18-25-21-23-27(24-22-25)28(29-30)26-19-16-14-17-20-26/h14,16-17,19-21,23,30H,2-13,15,18,22,24H2,1H3. The maximum atomic E-state index is 9.46. The van der Waals surface area contributed by atoms with Crippen molar-refractivity contribution in [2.45, 2.75) is 110 Å². The summed E-state index contributed by atoms with van der Waals surface area (Å²) >= 11 is 0. The van der Waals surface area contributed by atoms with Crippen molar-refractivity contribution in [3.63, 3.8) is 0 Å². The van der Waals surface area contributed by atoms with E-state index < -0.39 is 0 Å². The van der Waals surface area contributed by atoms with E-state index in [1.807, 2.05) is 30.3 Å². The maximum absolute atomic E-state index is 9.46. The van der Waals surface area contributed by atoms with E-state index in [2.05, 4.69) is 24.2 Å². The largest absolute Gasteiger partial charge is 0.410 e. The highest BCUT2D eigenvalue weighted by Crippen LogP contribution is 2.26. The molecule has 0 heterocycles. The van der Waals surface area contributed by atoms with Crippen LogP contribution in [0.2, 0.25) is 0 Å². The fourth-order valence-electron chi connectivity index (χ4n) is 4.36. The molecule has 0 saturated carbocycles. The highest BCUT2D eigenvalue weighted by Gasteiger charge is 2.14. The Hall–Kier alpha value is -1.83. The molecule has 0 amide bonds. The van der Waals surface area contributed by atoms with E-state index in [1.165, 1.54) is 89.9 Å². The van der Waals surface area contributed by atoms with E-state index in [-0.39, 0.29) is 0 Å². The highest BCUT2D eigenvalue weighted by molar-refractivity contribution is 6.12. The molecule has 2 rings (SSSR count). The second-order valence-corrected chi connectivity index (χ2v) is 8.82. The number of hydrogen-bond acceptors (Lipinski definition) is 2. The highest BCUT2D eigenvalue weighted by atomic mass is 16.4. The summed E-state index contributed by atoms with van der Waals surface area (Å²) in [6, 6.07) is 9.96. The lowest BCUT2D eigenvalue weighted by Gasteiger charge is -2.16. The third-order valence-corrected chi connectivity index (χ3v) is 6.29. The Morgan fingerprint density at radius 1 is 0.733 bits per heavy atom. The molecule has 0 aromatic heterocycles. The molecular weight excluding hydrogens is 366 g/mol. The fourth-order valence-corrected chi connectivity index (χ4v) is 4.36. The van der Waals surface area contributed by atoms with Gasteiger partial charge >= 0.3 is 0 Å². The minimum Gasteiger partial charge on any atom is -0.410 e. The van der Waals surface area contributed by atoms with Crippen molar-refractivity contribution in [1.29, 1.82) is 0 Å². The van der Waals surface area contributed by atoms with Gasteiger partial charge in [0, 0.05) is 5.56 Å². The predicted octanol–water partition coefficient (Wildman–Crippen LogP) is 8.99. The summed E-state index contributed by atoms with van der Waals surface area (Å²) in [6.07, 6.45) is 26.0. The number of nitrogens with zero attached hydrogens (tertiary/aromatic N) is 1. The van der Waals surface area contributed by atoms with Crippen LogP contribution in [-0.2, 0) is 0 Å². The van der Waals surface area contributed by atoms with E-state index in [4.69, 9.17) is 0 Å². The van der Waals surface area contributed by atoms with Crippen molar-refractivity contribution in [1.82, 2.24) is 0 Å². The van der Waals surface area contributed by atoms with Gasteiger partial charge < -0.3 is 5.21 Å². The van der Waals surface area contributed by atoms with Gasteiger partial charge in [-0.25, -0.2) is 0 Å². The van der Waals surface area contributed by atoms with Crippen LogP contribution < -0.4 is 0 Å². The molecule has 0 saturated heterocycles. The number of rotatable bonds is 16. The summed E-state index contributed by atoms with van der Waals surface area (Å²) in [7, 11) is 0. The zero-order valence-electron chi connectivity index (χ0n) is 19.2. The third-order valence-electron chi connectivity index (χ3n) is 6.29. The van der Waals surface area contributed by atoms with Crippen molar-refractivity contribution in [2.24, 2.45) is 5.16 Å². The van der Waals surface area contributed by atoms with Crippen LogP contribution in [0.5, 0.6) is 0 Å². The molecule has 30 heavy (non-hydrogen) atoms. The van der Waals surface area contributed by atoms with Crippen LogP contribution in [0.4, 0.5) is 0 Å². The van der Waals surface area contributed by atoms with Crippen molar-refractivity contribution in [3.8, 4) is 0 Å². The summed E-state index contributed by atoms with van der Waals surface area (Å²) < 4.78 is 0. The monoisotopic (exact) mass is 409 g/mol. The molecule has 1 aliphatic carbocycles. The summed E-state index contributed by atoms with van der Waals surface area (Å²) in [5, 5.41) is 13.0. The summed E-state index contributed by atoms with van der Waals surface area (Å²) in [4.78, 5) is 0. The number of hydrogen-bond donors (Lipinski definition) is 1. The van der Waals surface area contributed by atoms with Crippen molar-refractivity contribution >= 4 is 5.71 Å². The van der Waals surface area contributed by atoms with Crippen LogP contribution in [0.1, 0.15) is 115 Å². The van der Waals surface area contributed by atoms with Gasteiger partial charge in [-0.1, -0.05) is 137 Å². The molecule has 2 nitrogen and oxygen atoms in total. The Labute approximate surface area is 185 Å². The van der Waals surface area contributed by atoms with Gasteiger partial charge in [0.05, 0.1) is 0 Å². The minimum absolute atomic E-state index is 0.715. The summed E-state index contributed by atoms with van der Waals surface area (Å²) in [5.74, 6) is 0. The van der Waals surface area contributed by atoms with E-state index in [0.29, 0.717) is 5.71 Å². The average molecular weight is 410 g/mol. The normalized spacial score (nSPS) is 14.5. The molecular formula is C28H43NO. The molecule has 0 spiro atoms. The van der Waals surface area contributed by atoms with Crippen molar-refractivity contribution < 1.29 is 5.21 Å². The van der Waals surface area contributed by atoms with Gasteiger partial charge in [0.1, 0.15) is 5.71 Å². The van der Waals surface area contributed by atoms with Crippen molar-refractivity contribution in [2.75, 3.05) is 0 Å². The smallest absolute Gasteiger partial charge is 0.113 e. The van der Waals surface area contributed by atoms with Gasteiger partial charge in [-0.05, 0) is 31.3 Å². The van der Waals surface area contributed by atoms with E-state index in [9.17, 15) is 5.21 Å². The lowest BCUT2D eigenvalue weighted by atomic mass is 9.90. The second kappa shape index (κ2) is 15.9. The first kappa shape index (κ1) is 24.4. The summed E-state index contributed by atoms with van der Waals surface area (Å²) in [5.41, 5.74) is 4.39. The first-order valence-electron chi connectivity index (χ1n) is 12.5. The zero-order chi connectivity index (χ0) is 21.3. The first-order chi connectivity index (χ1) is 14.8. The molecule has 0 bridgehead atoms. The molecule has 0 fully saturated rings. The topological polar surface area (TPSA) is 32.6 Å². The predicted molar refractivity (Wildman–Crippen MR) is 130 cm³/mol. The van der Waals surface area contributed by atoms with Crippen LogP contribution in [0.15, 0.2) is 58.8 Å². The lowest BCUT2D eigenvalue weighted by molar-refractivity contribution is 0.319. The van der Waals surface area contributed by atoms with Crippen LogP contribution in [-0.4, -0.2) is 10.9 Å². The van der Waals surface area contributed by atoms with Crippen LogP contribution >= 0.6 is 0 Å². The van der Waals surface area contributed by atoms with Gasteiger partial charge in [0.15, 0.2) is 0 Å². The van der Waals surface area contributed by atoms with Gasteiger partial charge in [-0.3, -0.25) is 0 Å². The molecule has 166 valence electrons. The SMILES string of the molecule is CCCCCCCCCCCCCCCC1=CC=C(C(=NO)c2ccccc2)CC1. The van der Waals surface area contributed by atoms with Gasteiger partial charge in [-0.2, -0.15) is 0 Å². The molecule has 1 aromatic rings.